The summed E-state index contributed by atoms with van der Waals surface area (Å²) >= 11 is 0. The normalized spacial score (nSPS) is 31.4. The predicted molar refractivity (Wildman–Crippen MR) is 88.1 cm³/mol. The van der Waals surface area contributed by atoms with E-state index in [0.29, 0.717) is 5.41 Å². The minimum absolute atomic E-state index is 0.670. The van der Waals surface area contributed by atoms with Crippen LogP contribution in [0.1, 0.15) is 72.1 Å². The maximum atomic E-state index is 3.80. The van der Waals surface area contributed by atoms with Crippen molar-refractivity contribution < 1.29 is 0 Å². The highest BCUT2D eigenvalue weighted by Gasteiger charge is 2.30. The molecule has 1 saturated carbocycles. The third-order valence-electron chi connectivity index (χ3n) is 6.29. The van der Waals surface area contributed by atoms with Crippen LogP contribution in [-0.4, -0.2) is 37.1 Å². The zero-order valence-electron chi connectivity index (χ0n) is 14.1. The van der Waals surface area contributed by atoms with Gasteiger partial charge in [0, 0.05) is 19.1 Å². The summed E-state index contributed by atoms with van der Waals surface area (Å²) in [6.45, 7) is 12.3. The fraction of sp³-hybridized carbons (Fsp3) is 1.00. The van der Waals surface area contributed by atoms with E-state index in [-0.39, 0.29) is 0 Å². The second-order valence-corrected chi connectivity index (χ2v) is 7.46. The molecule has 0 aromatic heterocycles. The summed E-state index contributed by atoms with van der Waals surface area (Å²) in [6.07, 6.45) is 11.2. The molecule has 1 aliphatic heterocycles. The molecule has 1 saturated heterocycles. The first-order chi connectivity index (χ1) is 9.67. The van der Waals surface area contributed by atoms with E-state index >= 15 is 0 Å². The largest absolute Gasteiger partial charge is 0.313 e. The van der Waals surface area contributed by atoms with Gasteiger partial charge in [-0.05, 0) is 62.9 Å². The minimum atomic E-state index is 0.670. The summed E-state index contributed by atoms with van der Waals surface area (Å²) in [5.74, 6) is 0.964. The van der Waals surface area contributed by atoms with Gasteiger partial charge in [-0.3, -0.25) is 0 Å². The van der Waals surface area contributed by atoms with E-state index in [1.807, 2.05) is 0 Å². The van der Waals surface area contributed by atoms with Gasteiger partial charge in [0.15, 0.2) is 0 Å². The fourth-order valence-corrected chi connectivity index (χ4v) is 4.10. The van der Waals surface area contributed by atoms with Gasteiger partial charge >= 0.3 is 0 Å². The van der Waals surface area contributed by atoms with Gasteiger partial charge in [-0.15, -0.1) is 0 Å². The second-order valence-electron chi connectivity index (χ2n) is 7.46. The van der Waals surface area contributed by atoms with E-state index in [4.69, 9.17) is 0 Å². The van der Waals surface area contributed by atoms with Gasteiger partial charge < -0.3 is 10.2 Å². The Morgan fingerprint density at radius 2 is 1.60 bits per heavy atom. The monoisotopic (exact) mass is 280 g/mol. The molecule has 0 spiro atoms. The van der Waals surface area contributed by atoms with Gasteiger partial charge in [-0.25, -0.2) is 0 Å². The molecule has 0 unspecified atom stereocenters. The summed E-state index contributed by atoms with van der Waals surface area (Å²) in [5, 5.41) is 3.80. The number of piperidine rings is 1. The van der Waals surface area contributed by atoms with Crippen molar-refractivity contribution in [2.75, 3.05) is 26.2 Å². The Bertz CT molecular complexity index is 255. The van der Waals surface area contributed by atoms with Gasteiger partial charge in [0.1, 0.15) is 0 Å². The molecule has 0 radical (unpaired) electrons. The standard InChI is InChI=1S/C18H36N2/c1-4-18(5-2)10-13-20(14-11-18)15-12-19-17-8-6-16(3)7-9-17/h16-17,19H,4-15H2,1-3H3. The van der Waals surface area contributed by atoms with Crippen LogP contribution in [0.3, 0.4) is 0 Å². The average molecular weight is 281 g/mol. The molecule has 2 rings (SSSR count). The molecule has 2 fully saturated rings. The van der Waals surface area contributed by atoms with Gasteiger partial charge in [-0.2, -0.15) is 0 Å². The van der Waals surface area contributed by atoms with Crippen LogP contribution >= 0.6 is 0 Å². The van der Waals surface area contributed by atoms with E-state index in [9.17, 15) is 0 Å². The smallest absolute Gasteiger partial charge is 0.0107 e. The highest BCUT2D eigenvalue weighted by Crippen LogP contribution is 2.37. The van der Waals surface area contributed by atoms with E-state index in [1.165, 1.54) is 77.5 Å². The maximum absolute atomic E-state index is 3.80. The van der Waals surface area contributed by atoms with Crippen LogP contribution in [0.5, 0.6) is 0 Å². The molecule has 1 N–H and O–H groups in total. The summed E-state index contributed by atoms with van der Waals surface area (Å²) in [5.41, 5.74) is 0.670. The van der Waals surface area contributed by atoms with Crippen molar-refractivity contribution in [3.05, 3.63) is 0 Å². The van der Waals surface area contributed by atoms with Crippen molar-refractivity contribution in [3.8, 4) is 0 Å². The molecule has 2 heteroatoms. The Morgan fingerprint density at radius 3 is 2.15 bits per heavy atom. The van der Waals surface area contributed by atoms with E-state index < -0.39 is 0 Å². The van der Waals surface area contributed by atoms with Crippen LogP contribution in [0.15, 0.2) is 0 Å². The van der Waals surface area contributed by atoms with Crippen LogP contribution in [0.2, 0.25) is 0 Å². The van der Waals surface area contributed by atoms with E-state index in [1.54, 1.807) is 0 Å². The lowest BCUT2D eigenvalue weighted by Crippen LogP contribution is -2.44. The van der Waals surface area contributed by atoms with Crippen LogP contribution in [0.4, 0.5) is 0 Å². The van der Waals surface area contributed by atoms with E-state index in [2.05, 4.69) is 31.0 Å². The van der Waals surface area contributed by atoms with Crippen molar-refractivity contribution in [2.45, 2.75) is 78.2 Å². The Labute approximate surface area is 126 Å². The molecule has 2 nitrogen and oxygen atoms in total. The van der Waals surface area contributed by atoms with Crippen LogP contribution in [0, 0.1) is 11.3 Å². The predicted octanol–water partition coefficient (Wildman–Crippen LogP) is 4.06. The number of hydrogen-bond acceptors (Lipinski definition) is 2. The molecule has 1 aliphatic carbocycles. The van der Waals surface area contributed by atoms with Crippen molar-refractivity contribution in [2.24, 2.45) is 11.3 Å². The fourth-order valence-electron chi connectivity index (χ4n) is 4.10. The summed E-state index contributed by atoms with van der Waals surface area (Å²) in [4.78, 5) is 2.68. The molecule has 0 atom stereocenters. The molecule has 1 heterocycles. The zero-order valence-corrected chi connectivity index (χ0v) is 14.1. The lowest BCUT2D eigenvalue weighted by Gasteiger charge is -2.41. The lowest BCUT2D eigenvalue weighted by atomic mass is 9.74. The number of nitrogens with one attached hydrogen (secondary N) is 1. The highest BCUT2D eigenvalue weighted by atomic mass is 15.1. The van der Waals surface area contributed by atoms with Crippen molar-refractivity contribution in [3.63, 3.8) is 0 Å². The Morgan fingerprint density at radius 1 is 1.00 bits per heavy atom. The first-order valence-electron chi connectivity index (χ1n) is 9.13. The van der Waals surface area contributed by atoms with Crippen molar-refractivity contribution >= 4 is 0 Å². The van der Waals surface area contributed by atoms with Gasteiger partial charge in [0.05, 0.1) is 0 Å². The van der Waals surface area contributed by atoms with Gasteiger partial charge in [0.25, 0.3) is 0 Å². The summed E-state index contributed by atoms with van der Waals surface area (Å²) < 4.78 is 0. The molecule has 0 bridgehead atoms. The summed E-state index contributed by atoms with van der Waals surface area (Å²) in [6, 6.07) is 0.807. The number of hydrogen-bond donors (Lipinski definition) is 1. The Balaban J connectivity index is 1.59. The van der Waals surface area contributed by atoms with E-state index in [0.717, 1.165) is 12.0 Å². The molecule has 0 aromatic rings. The van der Waals surface area contributed by atoms with Gasteiger partial charge in [0.2, 0.25) is 0 Å². The van der Waals surface area contributed by atoms with Crippen LogP contribution in [-0.2, 0) is 0 Å². The zero-order chi connectivity index (χ0) is 14.4. The molecule has 0 aromatic carbocycles. The maximum Gasteiger partial charge on any atom is 0.0107 e. The quantitative estimate of drug-likeness (QED) is 0.789. The van der Waals surface area contributed by atoms with Gasteiger partial charge in [-0.1, -0.05) is 33.6 Å². The number of likely N-dealkylation sites (tertiary alicyclic amines) is 1. The highest BCUT2D eigenvalue weighted by molar-refractivity contribution is 4.84. The van der Waals surface area contributed by atoms with Crippen molar-refractivity contribution in [1.82, 2.24) is 10.2 Å². The lowest BCUT2D eigenvalue weighted by molar-refractivity contribution is 0.0950. The molecule has 0 amide bonds. The number of rotatable bonds is 6. The van der Waals surface area contributed by atoms with Crippen molar-refractivity contribution in [1.29, 1.82) is 0 Å². The Kier molecular flexibility index (Phi) is 6.35. The molecule has 20 heavy (non-hydrogen) atoms. The molecule has 2 aliphatic rings. The minimum Gasteiger partial charge on any atom is -0.313 e. The first-order valence-corrected chi connectivity index (χ1v) is 9.13. The average Bonchev–Trinajstić information content (AvgIpc) is 2.50. The van der Waals surface area contributed by atoms with Crippen LogP contribution in [0.25, 0.3) is 0 Å². The second kappa shape index (κ2) is 7.79. The SMILES string of the molecule is CCC1(CC)CCN(CCNC2CCC(C)CC2)CC1. The van der Waals surface area contributed by atoms with Crippen LogP contribution < -0.4 is 5.32 Å². The molecule has 118 valence electrons. The summed E-state index contributed by atoms with van der Waals surface area (Å²) in [7, 11) is 0. The molecular weight excluding hydrogens is 244 g/mol. The Hall–Kier alpha value is -0.0800. The first kappa shape index (κ1) is 16.3. The number of nitrogens with zero attached hydrogens (tertiary/aromatic N) is 1. The third-order valence-corrected chi connectivity index (χ3v) is 6.29. The molecular formula is C18H36N2. The topological polar surface area (TPSA) is 15.3 Å². The third kappa shape index (κ3) is 4.46.